The van der Waals surface area contributed by atoms with E-state index in [1.54, 1.807) is 0 Å². The quantitative estimate of drug-likeness (QED) is 0.463. The second kappa shape index (κ2) is 7.44. The summed E-state index contributed by atoms with van der Waals surface area (Å²) in [7, 11) is 1.00. The van der Waals surface area contributed by atoms with Gasteiger partial charge in [-0.25, -0.2) is 0 Å². The first-order chi connectivity index (χ1) is 7.97. The number of rotatable bonds is 3. The number of carbonyl (C=O) groups is 1. The maximum Gasteiger partial charge on any atom is 0.145 e. The van der Waals surface area contributed by atoms with E-state index < -0.39 is 0 Å². The second-order valence-electron chi connectivity index (χ2n) is 5.27. The lowest BCUT2D eigenvalue weighted by Crippen LogP contribution is -2.20. The second-order valence-corrected chi connectivity index (χ2v) is 5.27. The first-order valence-electron chi connectivity index (χ1n) is 6.23. The molecular weight excluding hydrogens is 212 g/mol. The van der Waals surface area contributed by atoms with E-state index in [1.807, 2.05) is 6.92 Å². The molecule has 0 unspecified atom stereocenters. The average Bonchev–Trinajstić information content (AvgIpc) is 2.30. The van der Waals surface area contributed by atoms with Gasteiger partial charge >= 0.3 is 0 Å². The highest BCUT2D eigenvalue weighted by atomic mass is 16.2. The highest BCUT2D eigenvalue weighted by Gasteiger charge is 2.27. The van der Waals surface area contributed by atoms with E-state index in [1.165, 1.54) is 30.4 Å². The van der Waals surface area contributed by atoms with E-state index in [9.17, 15) is 4.79 Å². The molecule has 1 aliphatic carbocycles. The highest BCUT2D eigenvalue weighted by molar-refractivity contribution is 5.72. The van der Waals surface area contributed by atoms with E-state index in [4.69, 9.17) is 5.11 Å². The molecule has 2 nitrogen and oxygen atoms in total. The summed E-state index contributed by atoms with van der Waals surface area (Å²) in [6, 6.07) is 0. The van der Waals surface area contributed by atoms with Gasteiger partial charge in [0.05, 0.1) is 0 Å². The third-order valence-electron chi connectivity index (χ3n) is 3.50. The Balaban J connectivity index is 0.00000121. The van der Waals surface area contributed by atoms with E-state index in [0.29, 0.717) is 5.41 Å². The lowest BCUT2D eigenvalue weighted by molar-refractivity contribution is -0.104. The normalized spacial score (nSPS) is 19.5. The van der Waals surface area contributed by atoms with Gasteiger partial charge in [-0.05, 0) is 50.5 Å². The maximum atomic E-state index is 10.5. The van der Waals surface area contributed by atoms with Crippen LogP contribution in [0.15, 0.2) is 22.8 Å². The van der Waals surface area contributed by atoms with Crippen LogP contribution in [0.5, 0.6) is 0 Å². The van der Waals surface area contributed by atoms with Gasteiger partial charge in [0.15, 0.2) is 0 Å². The zero-order chi connectivity index (χ0) is 13.5. The minimum Gasteiger partial charge on any atom is -0.400 e. The van der Waals surface area contributed by atoms with Crippen molar-refractivity contribution >= 4 is 6.29 Å². The van der Waals surface area contributed by atoms with Gasteiger partial charge in [-0.3, -0.25) is 4.79 Å². The Morgan fingerprint density at radius 1 is 1.41 bits per heavy atom. The topological polar surface area (TPSA) is 37.3 Å². The van der Waals surface area contributed by atoms with Crippen molar-refractivity contribution in [1.29, 1.82) is 0 Å². The average molecular weight is 238 g/mol. The van der Waals surface area contributed by atoms with Gasteiger partial charge in [0.1, 0.15) is 6.29 Å². The monoisotopic (exact) mass is 238 g/mol. The van der Waals surface area contributed by atoms with Crippen LogP contribution in [-0.4, -0.2) is 18.5 Å². The summed E-state index contributed by atoms with van der Waals surface area (Å²) < 4.78 is 0. The SMILES string of the molecule is CC(C=O)=CCC1=C(C)CCCC1(C)C.CO. The summed E-state index contributed by atoms with van der Waals surface area (Å²) in [6.45, 7) is 8.74. The molecule has 2 heteroatoms. The molecule has 0 aromatic heterocycles. The van der Waals surface area contributed by atoms with Gasteiger partial charge in [0.25, 0.3) is 0 Å². The van der Waals surface area contributed by atoms with Crippen molar-refractivity contribution in [1.82, 2.24) is 0 Å². The Morgan fingerprint density at radius 3 is 2.47 bits per heavy atom. The molecule has 98 valence electrons. The molecule has 0 aromatic carbocycles. The molecule has 0 aliphatic heterocycles. The molecule has 0 heterocycles. The van der Waals surface area contributed by atoms with Crippen molar-refractivity contribution in [2.75, 3.05) is 7.11 Å². The van der Waals surface area contributed by atoms with Crippen molar-refractivity contribution in [3.63, 3.8) is 0 Å². The lowest BCUT2D eigenvalue weighted by atomic mass is 9.71. The van der Waals surface area contributed by atoms with Crippen LogP contribution < -0.4 is 0 Å². The molecule has 0 aromatic rings. The first-order valence-corrected chi connectivity index (χ1v) is 6.23. The number of allylic oxidation sites excluding steroid dienone is 4. The molecule has 0 saturated carbocycles. The van der Waals surface area contributed by atoms with Gasteiger partial charge in [-0.2, -0.15) is 0 Å². The third kappa shape index (κ3) is 4.86. The Kier molecular flexibility index (Phi) is 7.05. The largest absolute Gasteiger partial charge is 0.400 e. The molecule has 0 bridgehead atoms. The number of carbonyl (C=O) groups excluding carboxylic acids is 1. The van der Waals surface area contributed by atoms with Crippen molar-refractivity contribution < 1.29 is 9.90 Å². The van der Waals surface area contributed by atoms with Crippen LogP contribution in [0.3, 0.4) is 0 Å². The summed E-state index contributed by atoms with van der Waals surface area (Å²) in [5.41, 5.74) is 4.23. The van der Waals surface area contributed by atoms with Crippen molar-refractivity contribution in [2.24, 2.45) is 5.41 Å². The first kappa shape index (κ1) is 16.1. The van der Waals surface area contributed by atoms with Crippen molar-refractivity contribution in [3.8, 4) is 0 Å². The Labute approximate surface area is 105 Å². The fourth-order valence-electron chi connectivity index (χ4n) is 2.44. The molecule has 1 aliphatic rings. The summed E-state index contributed by atoms with van der Waals surface area (Å²) >= 11 is 0. The molecule has 1 N–H and O–H groups in total. The molecule has 1 rings (SSSR count). The van der Waals surface area contributed by atoms with Crippen LogP contribution in [0.2, 0.25) is 0 Å². The van der Waals surface area contributed by atoms with E-state index in [0.717, 1.165) is 25.4 Å². The molecule has 0 atom stereocenters. The van der Waals surface area contributed by atoms with Crippen molar-refractivity contribution in [2.45, 2.75) is 53.4 Å². The number of aliphatic hydroxyl groups excluding tert-OH is 1. The molecule has 0 saturated heterocycles. The number of hydrogen-bond acceptors (Lipinski definition) is 2. The zero-order valence-electron chi connectivity index (χ0n) is 11.8. The Morgan fingerprint density at radius 2 is 2.00 bits per heavy atom. The van der Waals surface area contributed by atoms with Crippen LogP contribution in [0, 0.1) is 5.41 Å². The van der Waals surface area contributed by atoms with Crippen molar-refractivity contribution in [3.05, 3.63) is 22.8 Å². The fraction of sp³-hybridized carbons (Fsp3) is 0.667. The predicted octanol–water partition coefficient (Wildman–Crippen LogP) is 3.66. The van der Waals surface area contributed by atoms with Crippen LogP contribution in [0.1, 0.15) is 53.4 Å². The predicted molar refractivity (Wildman–Crippen MR) is 72.9 cm³/mol. The smallest absolute Gasteiger partial charge is 0.145 e. The standard InChI is InChI=1S/C14H22O.CH4O/c1-11(10-15)7-8-13-12(2)6-5-9-14(13,3)4;1-2/h7,10H,5-6,8-9H2,1-4H3;2H,1H3. The number of aliphatic hydroxyl groups is 1. The molecule has 0 amide bonds. The van der Waals surface area contributed by atoms with Gasteiger partial charge in [-0.1, -0.05) is 31.1 Å². The molecule has 0 fully saturated rings. The molecule has 0 radical (unpaired) electrons. The maximum absolute atomic E-state index is 10.5. The molecule has 0 spiro atoms. The van der Waals surface area contributed by atoms with E-state index in [-0.39, 0.29) is 0 Å². The van der Waals surface area contributed by atoms with Gasteiger partial charge in [0, 0.05) is 7.11 Å². The minimum absolute atomic E-state index is 0.321. The highest BCUT2D eigenvalue weighted by Crippen LogP contribution is 2.41. The molecular formula is C15H26O2. The third-order valence-corrected chi connectivity index (χ3v) is 3.50. The van der Waals surface area contributed by atoms with Crippen LogP contribution in [0.25, 0.3) is 0 Å². The number of aldehydes is 1. The van der Waals surface area contributed by atoms with E-state index >= 15 is 0 Å². The zero-order valence-corrected chi connectivity index (χ0v) is 11.8. The Hall–Kier alpha value is -0.890. The minimum atomic E-state index is 0.321. The van der Waals surface area contributed by atoms with Gasteiger partial charge < -0.3 is 5.11 Å². The van der Waals surface area contributed by atoms with Crippen LogP contribution >= 0.6 is 0 Å². The fourth-order valence-corrected chi connectivity index (χ4v) is 2.44. The summed E-state index contributed by atoms with van der Waals surface area (Å²) in [5, 5.41) is 7.00. The van der Waals surface area contributed by atoms with Crippen LogP contribution in [0.4, 0.5) is 0 Å². The Bertz CT molecular complexity index is 309. The summed E-state index contributed by atoms with van der Waals surface area (Å²) in [6.07, 6.45) is 7.74. The number of hydrogen-bond donors (Lipinski definition) is 1. The molecule has 17 heavy (non-hydrogen) atoms. The summed E-state index contributed by atoms with van der Waals surface area (Å²) in [5.74, 6) is 0. The van der Waals surface area contributed by atoms with Crippen LogP contribution in [-0.2, 0) is 4.79 Å². The van der Waals surface area contributed by atoms with E-state index in [2.05, 4.69) is 26.8 Å². The summed E-state index contributed by atoms with van der Waals surface area (Å²) in [4.78, 5) is 10.5. The van der Waals surface area contributed by atoms with Gasteiger partial charge in [0.2, 0.25) is 0 Å². The van der Waals surface area contributed by atoms with Gasteiger partial charge in [-0.15, -0.1) is 0 Å². The lowest BCUT2D eigenvalue weighted by Gasteiger charge is -2.34.